The number of fused-ring (bicyclic) bond motifs is 1. The molecule has 1 saturated carbocycles. The second kappa shape index (κ2) is 4.34. The van der Waals surface area contributed by atoms with Crippen molar-refractivity contribution in [2.24, 2.45) is 5.92 Å². The number of anilines is 1. The highest BCUT2D eigenvalue weighted by atomic mass is 16.3. The van der Waals surface area contributed by atoms with Gasteiger partial charge in [-0.3, -0.25) is 0 Å². The van der Waals surface area contributed by atoms with Crippen LogP contribution in [0, 0.1) is 5.92 Å². The Morgan fingerprint density at radius 2 is 2.24 bits per heavy atom. The van der Waals surface area contributed by atoms with Crippen LogP contribution in [-0.4, -0.2) is 18.7 Å². The van der Waals surface area contributed by atoms with Crippen LogP contribution in [0.4, 0.5) is 5.69 Å². The normalized spacial score (nSPS) is 20.5. The summed E-state index contributed by atoms with van der Waals surface area (Å²) >= 11 is 0. The summed E-state index contributed by atoms with van der Waals surface area (Å²) in [4.78, 5) is 2.29. The van der Waals surface area contributed by atoms with Gasteiger partial charge in [0.05, 0.1) is 6.10 Å². The molecule has 17 heavy (non-hydrogen) atoms. The average molecular weight is 231 g/mol. The van der Waals surface area contributed by atoms with E-state index in [0.717, 1.165) is 30.9 Å². The van der Waals surface area contributed by atoms with Crippen LogP contribution in [0.15, 0.2) is 18.2 Å². The van der Waals surface area contributed by atoms with Crippen molar-refractivity contribution in [1.29, 1.82) is 0 Å². The lowest BCUT2D eigenvalue weighted by atomic mass is 10.00. The Hall–Kier alpha value is -1.02. The van der Waals surface area contributed by atoms with Crippen molar-refractivity contribution in [3.8, 4) is 0 Å². The molecule has 0 aromatic heterocycles. The fraction of sp³-hybridized carbons (Fsp3) is 0.600. The molecular formula is C15H21NO. The van der Waals surface area contributed by atoms with Crippen LogP contribution >= 0.6 is 0 Å². The van der Waals surface area contributed by atoms with Gasteiger partial charge in [-0.2, -0.15) is 0 Å². The van der Waals surface area contributed by atoms with Crippen molar-refractivity contribution in [2.75, 3.05) is 18.5 Å². The van der Waals surface area contributed by atoms with Gasteiger partial charge in [-0.25, -0.2) is 0 Å². The minimum absolute atomic E-state index is 0.258. The molecule has 0 saturated heterocycles. The maximum atomic E-state index is 10.2. The third-order valence-electron chi connectivity index (χ3n) is 4.16. The Labute approximate surface area is 103 Å². The number of nitrogens with zero attached hydrogens (tertiary/aromatic N) is 1. The Bertz CT molecular complexity index is 411. The number of hydrogen-bond donors (Lipinski definition) is 1. The van der Waals surface area contributed by atoms with E-state index < -0.39 is 0 Å². The topological polar surface area (TPSA) is 23.5 Å². The number of rotatable bonds is 4. The Kier molecular flexibility index (Phi) is 2.83. The van der Waals surface area contributed by atoms with Crippen LogP contribution in [0.1, 0.15) is 42.9 Å². The zero-order valence-corrected chi connectivity index (χ0v) is 10.5. The molecule has 1 fully saturated rings. The highest BCUT2D eigenvalue weighted by Gasteiger charge is 2.23. The quantitative estimate of drug-likeness (QED) is 0.861. The third-order valence-corrected chi connectivity index (χ3v) is 4.16. The van der Waals surface area contributed by atoms with Crippen molar-refractivity contribution in [3.63, 3.8) is 0 Å². The monoisotopic (exact) mass is 231 g/mol. The number of aliphatic hydroxyl groups excluding tert-OH is 1. The van der Waals surface area contributed by atoms with Crippen LogP contribution in [0.25, 0.3) is 0 Å². The van der Waals surface area contributed by atoms with Gasteiger partial charge in [0.1, 0.15) is 0 Å². The van der Waals surface area contributed by atoms with E-state index in [4.69, 9.17) is 0 Å². The van der Waals surface area contributed by atoms with Crippen LogP contribution in [0.2, 0.25) is 0 Å². The van der Waals surface area contributed by atoms with Gasteiger partial charge in [0.15, 0.2) is 0 Å². The lowest BCUT2D eigenvalue weighted by molar-refractivity contribution is 0.162. The van der Waals surface area contributed by atoms with Gasteiger partial charge in [-0.1, -0.05) is 25.0 Å². The molecule has 0 spiro atoms. The molecule has 0 radical (unpaired) electrons. The van der Waals surface area contributed by atoms with Crippen molar-refractivity contribution in [1.82, 2.24) is 0 Å². The van der Waals surface area contributed by atoms with Crippen molar-refractivity contribution in [3.05, 3.63) is 29.3 Å². The molecule has 1 unspecified atom stereocenters. The Morgan fingerprint density at radius 3 is 3.00 bits per heavy atom. The van der Waals surface area contributed by atoms with E-state index in [9.17, 15) is 5.11 Å². The molecule has 1 heterocycles. The van der Waals surface area contributed by atoms with E-state index >= 15 is 0 Å². The van der Waals surface area contributed by atoms with Crippen LogP contribution < -0.4 is 4.90 Å². The summed E-state index contributed by atoms with van der Waals surface area (Å²) in [7, 11) is 2.13. The van der Waals surface area contributed by atoms with E-state index in [-0.39, 0.29) is 6.10 Å². The first-order chi connectivity index (χ1) is 8.24. The average Bonchev–Trinajstić information content (AvgIpc) is 3.10. The maximum Gasteiger partial charge on any atom is 0.0790 e. The molecule has 1 aromatic rings. The van der Waals surface area contributed by atoms with Crippen LogP contribution in [0.3, 0.4) is 0 Å². The molecule has 0 amide bonds. The summed E-state index contributed by atoms with van der Waals surface area (Å²) in [5, 5.41) is 10.2. The largest absolute Gasteiger partial charge is 0.388 e. The van der Waals surface area contributed by atoms with Crippen LogP contribution in [-0.2, 0) is 6.42 Å². The maximum absolute atomic E-state index is 10.2. The Morgan fingerprint density at radius 1 is 1.41 bits per heavy atom. The SMILES string of the molecule is CN1CCc2cc(C(O)CCC3CC3)ccc21. The predicted molar refractivity (Wildman–Crippen MR) is 70.3 cm³/mol. The zero-order chi connectivity index (χ0) is 11.8. The lowest BCUT2D eigenvalue weighted by Crippen LogP contribution is -2.12. The number of likely N-dealkylation sites (N-methyl/N-ethyl adjacent to an activating group) is 1. The van der Waals surface area contributed by atoms with E-state index in [1.54, 1.807) is 0 Å². The summed E-state index contributed by atoms with van der Waals surface area (Å²) in [6, 6.07) is 6.46. The predicted octanol–water partition coefficient (Wildman–Crippen LogP) is 2.90. The summed E-state index contributed by atoms with van der Waals surface area (Å²) in [6.45, 7) is 1.11. The molecule has 1 atom stereocenters. The molecule has 2 nitrogen and oxygen atoms in total. The lowest BCUT2D eigenvalue weighted by Gasteiger charge is -2.15. The van der Waals surface area contributed by atoms with Gasteiger partial charge in [0.25, 0.3) is 0 Å². The first-order valence-corrected chi connectivity index (χ1v) is 6.76. The fourth-order valence-electron chi connectivity index (χ4n) is 2.76. The molecule has 0 bridgehead atoms. The van der Waals surface area contributed by atoms with E-state index in [1.807, 2.05) is 0 Å². The number of benzene rings is 1. The van der Waals surface area contributed by atoms with Crippen LogP contribution in [0.5, 0.6) is 0 Å². The van der Waals surface area contributed by atoms with Gasteiger partial charge in [-0.05, 0) is 42.4 Å². The molecule has 2 heteroatoms. The van der Waals surface area contributed by atoms with Crippen molar-refractivity contribution >= 4 is 5.69 Å². The van der Waals surface area contributed by atoms with Gasteiger partial charge in [0.2, 0.25) is 0 Å². The number of hydrogen-bond acceptors (Lipinski definition) is 2. The van der Waals surface area contributed by atoms with Gasteiger partial charge < -0.3 is 10.0 Å². The van der Waals surface area contributed by atoms with E-state index in [1.165, 1.54) is 30.5 Å². The minimum atomic E-state index is -0.258. The third kappa shape index (κ3) is 2.32. The van der Waals surface area contributed by atoms with E-state index in [0.29, 0.717) is 0 Å². The van der Waals surface area contributed by atoms with Crippen molar-refractivity contribution < 1.29 is 5.11 Å². The summed E-state index contributed by atoms with van der Waals surface area (Å²) in [6.07, 6.45) is 5.74. The Balaban J connectivity index is 1.70. The molecule has 2 aliphatic rings. The molecular weight excluding hydrogens is 210 g/mol. The molecule has 3 rings (SSSR count). The first kappa shape index (κ1) is 11.1. The number of aliphatic hydroxyl groups is 1. The van der Waals surface area contributed by atoms with Crippen molar-refractivity contribution in [2.45, 2.75) is 38.2 Å². The summed E-state index contributed by atoms with van der Waals surface area (Å²) in [5.74, 6) is 0.908. The van der Waals surface area contributed by atoms with Gasteiger partial charge >= 0.3 is 0 Å². The fourth-order valence-corrected chi connectivity index (χ4v) is 2.76. The van der Waals surface area contributed by atoms with Gasteiger partial charge in [0, 0.05) is 19.3 Å². The second-order valence-corrected chi connectivity index (χ2v) is 5.60. The van der Waals surface area contributed by atoms with Gasteiger partial charge in [-0.15, -0.1) is 0 Å². The zero-order valence-electron chi connectivity index (χ0n) is 10.5. The first-order valence-electron chi connectivity index (χ1n) is 6.76. The minimum Gasteiger partial charge on any atom is -0.388 e. The molecule has 1 N–H and O–H groups in total. The van der Waals surface area contributed by atoms with E-state index in [2.05, 4.69) is 30.1 Å². The smallest absolute Gasteiger partial charge is 0.0790 e. The molecule has 92 valence electrons. The summed E-state index contributed by atoms with van der Waals surface area (Å²) < 4.78 is 0. The summed E-state index contributed by atoms with van der Waals surface area (Å²) in [5.41, 5.74) is 3.85. The highest BCUT2D eigenvalue weighted by Crippen LogP contribution is 2.36. The highest BCUT2D eigenvalue weighted by molar-refractivity contribution is 5.58. The molecule has 1 aliphatic carbocycles. The second-order valence-electron chi connectivity index (χ2n) is 5.60. The molecule has 1 aromatic carbocycles. The molecule has 1 aliphatic heterocycles. The standard InChI is InChI=1S/C15H21NO/c1-16-9-8-12-10-13(5-6-14(12)16)15(17)7-4-11-2-3-11/h5-6,10-11,15,17H,2-4,7-9H2,1H3.